The van der Waals surface area contributed by atoms with Gasteiger partial charge in [-0.3, -0.25) is 4.79 Å². The number of carbonyl (C=O) groups excluding carboxylic acids is 1. The summed E-state index contributed by atoms with van der Waals surface area (Å²) in [6.45, 7) is 2.82. The SMILES string of the molecule is Cc1ccc(S(=O)(=O)N2CCC[C@H]2C(=O)NC[C@@H]2COc3ccccc3O2)cc1. The normalized spacial score (nSPS) is 21.7. The fraction of sp³-hybridized carbons (Fsp3) is 0.381. The van der Waals surface area contributed by atoms with Gasteiger partial charge in [-0.2, -0.15) is 4.31 Å². The van der Waals surface area contributed by atoms with Crippen molar-refractivity contribution in [1.82, 2.24) is 9.62 Å². The number of carbonyl (C=O) groups is 1. The van der Waals surface area contributed by atoms with Crippen molar-refractivity contribution < 1.29 is 22.7 Å². The third-order valence-electron chi connectivity index (χ3n) is 5.21. The van der Waals surface area contributed by atoms with E-state index < -0.39 is 16.1 Å². The van der Waals surface area contributed by atoms with Crippen molar-refractivity contribution in [2.45, 2.75) is 36.8 Å². The molecular formula is C21H24N2O5S. The van der Waals surface area contributed by atoms with E-state index in [1.165, 1.54) is 4.31 Å². The lowest BCUT2D eigenvalue weighted by molar-refractivity contribution is -0.124. The Balaban J connectivity index is 1.40. The van der Waals surface area contributed by atoms with Crippen LogP contribution < -0.4 is 14.8 Å². The molecule has 0 unspecified atom stereocenters. The molecule has 1 saturated heterocycles. The van der Waals surface area contributed by atoms with Crippen LogP contribution in [-0.4, -0.2) is 50.5 Å². The van der Waals surface area contributed by atoms with Crippen molar-refractivity contribution in [3.05, 3.63) is 54.1 Å². The van der Waals surface area contributed by atoms with Crippen LogP contribution in [-0.2, 0) is 14.8 Å². The van der Waals surface area contributed by atoms with Crippen molar-refractivity contribution in [2.24, 2.45) is 0 Å². The number of benzene rings is 2. The van der Waals surface area contributed by atoms with E-state index >= 15 is 0 Å². The van der Waals surface area contributed by atoms with Crippen LogP contribution in [0.25, 0.3) is 0 Å². The van der Waals surface area contributed by atoms with Gasteiger partial charge in [0, 0.05) is 6.54 Å². The summed E-state index contributed by atoms with van der Waals surface area (Å²) >= 11 is 0. The molecule has 0 bridgehead atoms. The summed E-state index contributed by atoms with van der Waals surface area (Å²) in [5, 5.41) is 2.84. The van der Waals surface area contributed by atoms with Crippen molar-refractivity contribution >= 4 is 15.9 Å². The summed E-state index contributed by atoms with van der Waals surface area (Å²) in [5.74, 6) is 1.02. The first-order chi connectivity index (χ1) is 13.9. The van der Waals surface area contributed by atoms with Gasteiger partial charge in [0.2, 0.25) is 15.9 Å². The molecule has 0 saturated carbocycles. The molecule has 1 amide bonds. The maximum absolute atomic E-state index is 13.0. The van der Waals surface area contributed by atoms with Gasteiger partial charge in [-0.05, 0) is 44.0 Å². The summed E-state index contributed by atoms with van der Waals surface area (Å²) in [6, 6.07) is 13.4. The smallest absolute Gasteiger partial charge is 0.243 e. The fourth-order valence-electron chi connectivity index (χ4n) is 3.63. The second-order valence-corrected chi connectivity index (χ2v) is 9.22. The number of aryl methyl sites for hydroxylation is 1. The number of fused-ring (bicyclic) bond motifs is 1. The van der Waals surface area contributed by atoms with Crippen LogP contribution in [0.15, 0.2) is 53.4 Å². The minimum atomic E-state index is -3.72. The van der Waals surface area contributed by atoms with Gasteiger partial charge in [0.25, 0.3) is 0 Å². The highest BCUT2D eigenvalue weighted by molar-refractivity contribution is 7.89. The highest BCUT2D eigenvalue weighted by Crippen LogP contribution is 2.31. The van der Waals surface area contributed by atoms with Crippen molar-refractivity contribution in [3.8, 4) is 11.5 Å². The second kappa shape index (κ2) is 8.04. The molecule has 2 heterocycles. The Morgan fingerprint density at radius 1 is 1.14 bits per heavy atom. The van der Waals surface area contributed by atoms with E-state index in [0.29, 0.717) is 37.5 Å². The first-order valence-electron chi connectivity index (χ1n) is 9.70. The number of sulfonamides is 1. The number of nitrogens with zero attached hydrogens (tertiary/aromatic N) is 1. The third kappa shape index (κ3) is 4.09. The van der Waals surface area contributed by atoms with Crippen LogP contribution in [0, 0.1) is 6.92 Å². The highest BCUT2D eigenvalue weighted by atomic mass is 32.2. The van der Waals surface area contributed by atoms with E-state index in [4.69, 9.17) is 9.47 Å². The topological polar surface area (TPSA) is 84.9 Å². The van der Waals surface area contributed by atoms with Crippen LogP contribution >= 0.6 is 0 Å². The molecule has 2 aromatic carbocycles. The predicted molar refractivity (Wildman–Crippen MR) is 107 cm³/mol. The lowest BCUT2D eigenvalue weighted by Gasteiger charge is -2.28. The number of ether oxygens (including phenoxy) is 2. The van der Waals surface area contributed by atoms with E-state index in [9.17, 15) is 13.2 Å². The third-order valence-corrected chi connectivity index (χ3v) is 7.13. The zero-order chi connectivity index (χ0) is 20.4. The molecule has 2 atom stereocenters. The lowest BCUT2D eigenvalue weighted by Crippen LogP contribution is -2.49. The van der Waals surface area contributed by atoms with Crippen LogP contribution in [0.2, 0.25) is 0 Å². The Morgan fingerprint density at radius 2 is 1.86 bits per heavy atom. The number of para-hydroxylation sites is 2. The average molecular weight is 416 g/mol. The molecule has 1 fully saturated rings. The Labute approximate surface area is 170 Å². The summed E-state index contributed by atoms with van der Waals surface area (Å²) in [7, 11) is -3.72. The van der Waals surface area contributed by atoms with Crippen molar-refractivity contribution in [1.29, 1.82) is 0 Å². The van der Waals surface area contributed by atoms with Gasteiger partial charge in [0.05, 0.1) is 11.4 Å². The van der Waals surface area contributed by atoms with E-state index in [1.807, 2.05) is 31.2 Å². The molecule has 0 aromatic heterocycles. The lowest BCUT2D eigenvalue weighted by atomic mass is 10.2. The Bertz CT molecular complexity index is 990. The highest BCUT2D eigenvalue weighted by Gasteiger charge is 2.39. The van der Waals surface area contributed by atoms with Gasteiger partial charge >= 0.3 is 0 Å². The molecule has 0 aliphatic carbocycles. The van der Waals surface area contributed by atoms with E-state index in [0.717, 1.165) is 5.56 Å². The van der Waals surface area contributed by atoms with Gasteiger partial charge in [0.1, 0.15) is 18.8 Å². The molecule has 2 aromatic rings. The van der Waals surface area contributed by atoms with Gasteiger partial charge < -0.3 is 14.8 Å². The molecule has 2 aliphatic rings. The fourth-order valence-corrected chi connectivity index (χ4v) is 5.29. The van der Waals surface area contributed by atoms with Crippen LogP contribution in [0.4, 0.5) is 0 Å². The monoisotopic (exact) mass is 416 g/mol. The maximum atomic E-state index is 13.0. The van der Waals surface area contributed by atoms with Crippen LogP contribution in [0.1, 0.15) is 18.4 Å². The number of hydrogen-bond acceptors (Lipinski definition) is 5. The zero-order valence-corrected chi connectivity index (χ0v) is 17.0. The first kappa shape index (κ1) is 19.7. The average Bonchev–Trinajstić information content (AvgIpc) is 3.23. The number of amides is 1. The van der Waals surface area contributed by atoms with E-state index in [1.54, 1.807) is 24.3 Å². The van der Waals surface area contributed by atoms with E-state index in [2.05, 4.69) is 5.32 Å². The van der Waals surface area contributed by atoms with Crippen molar-refractivity contribution in [2.75, 3.05) is 19.7 Å². The second-order valence-electron chi connectivity index (χ2n) is 7.33. The van der Waals surface area contributed by atoms with E-state index in [-0.39, 0.29) is 23.5 Å². The summed E-state index contributed by atoms with van der Waals surface area (Å²) in [6.07, 6.45) is 0.832. The first-order valence-corrected chi connectivity index (χ1v) is 11.1. The number of nitrogens with one attached hydrogen (secondary N) is 1. The quantitative estimate of drug-likeness (QED) is 0.807. The van der Waals surface area contributed by atoms with Gasteiger partial charge in [-0.15, -0.1) is 0 Å². The minimum absolute atomic E-state index is 0.212. The van der Waals surface area contributed by atoms with Crippen LogP contribution in [0.5, 0.6) is 11.5 Å². The van der Waals surface area contributed by atoms with Crippen LogP contribution in [0.3, 0.4) is 0 Å². The van der Waals surface area contributed by atoms with Gasteiger partial charge in [0.15, 0.2) is 11.5 Å². The molecule has 0 radical (unpaired) electrons. The maximum Gasteiger partial charge on any atom is 0.243 e. The Hall–Kier alpha value is -2.58. The molecule has 29 heavy (non-hydrogen) atoms. The number of rotatable bonds is 5. The van der Waals surface area contributed by atoms with Gasteiger partial charge in [-0.1, -0.05) is 29.8 Å². The summed E-state index contributed by atoms with van der Waals surface area (Å²) < 4.78 is 38.8. The molecule has 2 aliphatic heterocycles. The summed E-state index contributed by atoms with van der Waals surface area (Å²) in [5.41, 5.74) is 0.982. The number of hydrogen-bond donors (Lipinski definition) is 1. The summed E-state index contributed by atoms with van der Waals surface area (Å²) in [4.78, 5) is 13.0. The Morgan fingerprint density at radius 3 is 2.62 bits per heavy atom. The standard InChI is InChI=1S/C21H24N2O5S/c1-15-8-10-17(11-9-15)29(25,26)23-12-4-5-18(23)21(24)22-13-16-14-27-19-6-2-3-7-20(19)28-16/h2-3,6-11,16,18H,4-5,12-14H2,1H3,(H,22,24)/t16-,18+/m1/s1. The predicted octanol–water partition coefficient (Wildman–Crippen LogP) is 2.10. The molecule has 154 valence electrons. The van der Waals surface area contributed by atoms with Gasteiger partial charge in [-0.25, -0.2) is 8.42 Å². The molecule has 1 N–H and O–H groups in total. The molecule has 7 nitrogen and oxygen atoms in total. The molecule has 4 rings (SSSR count). The Kier molecular flexibility index (Phi) is 5.47. The molecule has 8 heteroatoms. The molecule has 0 spiro atoms. The zero-order valence-electron chi connectivity index (χ0n) is 16.2. The minimum Gasteiger partial charge on any atom is -0.486 e. The largest absolute Gasteiger partial charge is 0.486 e. The van der Waals surface area contributed by atoms with Crippen molar-refractivity contribution in [3.63, 3.8) is 0 Å². The molecular weight excluding hydrogens is 392 g/mol.